The normalized spacial score (nSPS) is 24.7. The van der Waals surface area contributed by atoms with Crippen molar-refractivity contribution >= 4 is 17.5 Å². The van der Waals surface area contributed by atoms with Crippen molar-refractivity contribution in [3.63, 3.8) is 0 Å². The SMILES string of the molecule is CC(Cl)C(C)(C)NC(=O)C1CCCOC1. The molecular weight excluding hydrogens is 214 g/mol. The van der Waals surface area contributed by atoms with Gasteiger partial charge in [0.2, 0.25) is 5.91 Å². The maximum Gasteiger partial charge on any atom is 0.225 e. The van der Waals surface area contributed by atoms with Crippen molar-refractivity contribution < 1.29 is 9.53 Å². The highest BCUT2D eigenvalue weighted by molar-refractivity contribution is 6.21. The molecule has 3 nitrogen and oxygen atoms in total. The molecule has 0 aromatic rings. The number of halogens is 1. The molecule has 0 saturated carbocycles. The molecule has 1 aliphatic rings. The second-order valence-corrected chi connectivity index (χ2v) is 5.40. The lowest BCUT2D eigenvalue weighted by Crippen LogP contribution is -2.52. The van der Waals surface area contributed by atoms with Crippen LogP contribution < -0.4 is 5.32 Å². The highest BCUT2D eigenvalue weighted by Gasteiger charge is 2.30. The van der Waals surface area contributed by atoms with Gasteiger partial charge in [0.05, 0.1) is 23.4 Å². The smallest absolute Gasteiger partial charge is 0.225 e. The number of nitrogens with one attached hydrogen (secondary N) is 1. The first-order valence-corrected chi connectivity index (χ1v) is 5.91. The Labute approximate surface area is 96.5 Å². The molecule has 2 atom stereocenters. The van der Waals surface area contributed by atoms with Gasteiger partial charge in [0.15, 0.2) is 0 Å². The lowest BCUT2D eigenvalue weighted by Gasteiger charge is -2.32. The number of carbonyl (C=O) groups excluding carboxylic acids is 1. The van der Waals surface area contributed by atoms with Gasteiger partial charge in [0.1, 0.15) is 0 Å². The highest BCUT2D eigenvalue weighted by Crippen LogP contribution is 2.18. The standard InChI is InChI=1S/C11H20ClNO2/c1-8(12)11(2,3)13-10(14)9-5-4-6-15-7-9/h8-9H,4-7H2,1-3H3,(H,13,14). The van der Waals surface area contributed by atoms with Crippen molar-refractivity contribution in [2.75, 3.05) is 13.2 Å². The van der Waals surface area contributed by atoms with Crippen LogP contribution in [0.15, 0.2) is 0 Å². The number of rotatable bonds is 3. The van der Waals surface area contributed by atoms with Gasteiger partial charge in [0.25, 0.3) is 0 Å². The van der Waals surface area contributed by atoms with Crippen LogP contribution in [0.25, 0.3) is 0 Å². The maximum absolute atomic E-state index is 11.9. The third-order valence-electron chi connectivity index (χ3n) is 2.97. The largest absolute Gasteiger partial charge is 0.381 e. The second kappa shape index (κ2) is 5.17. The molecule has 4 heteroatoms. The van der Waals surface area contributed by atoms with Gasteiger partial charge in [-0.3, -0.25) is 4.79 Å². The predicted octanol–water partition coefficient (Wildman–Crippen LogP) is 1.94. The summed E-state index contributed by atoms with van der Waals surface area (Å²) in [7, 11) is 0. The Kier molecular flexibility index (Phi) is 4.41. The first-order valence-electron chi connectivity index (χ1n) is 5.47. The fraction of sp³-hybridized carbons (Fsp3) is 0.909. The van der Waals surface area contributed by atoms with E-state index in [1.54, 1.807) is 0 Å². The minimum absolute atomic E-state index is 0.00607. The van der Waals surface area contributed by atoms with Crippen LogP contribution in [0.1, 0.15) is 33.6 Å². The van der Waals surface area contributed by atoms with Gasteiger partial charge < -0.3 is 10.1 Å². The van der Waals surface area contributed by atoms with Gasteiger partial charge in [-0.25, -0.2) is 0 Å². The van der Waals surface area contributed by atoms with E-state index in [1.807, 2.05) is 20.8 Å². The van der Waals surface area contributed by atoms with Crippen molar-refractivity contribution in [2.24, 2.45) is 5.92 Å². The van der Waals surface area contributed by atoms with Crippen molar-refractivity contribution in [3.05, 3.63) is 0 Å². The third-order valence-corrected chi connectivity index (χ3v) is 3.52. The Morgan fingerprint density at radius 1 is 1.60 bits per heavy atom. The molecule has 1 N–H and O–H groups in total. The molecule has 15 heavy (non-hydrogen) atoms. The van der Waals surface area contributed by atoms with Crippen LogP contribution in [0.5, 0.6) is 0 Å². The fourth-order valence-electron chi connectivity index (χ4n) is 1.47. The molecule has 1 saturated heterocycles. The summed E-state index contributed by atoms with van der Waals surface area (Å²) in [4.78, 5) is 11.9. The molecule has 0 aromatic heterocycles. The van der Waals surface area contributed by atoms with Gasteiger partial charge in [-0.05, 0) is 33.6 Å². The second-order valence-electron chi connectivity index (χ2n) is 4.74. The molecule has 1 rings (SSSR count). The van der Waals surface area contributed by atoms with Crippen molar-refractivity contribution in [1.82, 2.24) is 5.32 Å². The van der Waals surface area contributed by atoms with Crippen LogP contribution in [-0.2, 0) is 9.53 Å². The minimum atomic E-state index is -0.365. The molecule has 0 spiro atoms. The van der Waals surface area contributed by atoms with E-state index in [4.69, 9.17) is 16.3 Å². The zero-order valence-corrected chi connectivity index (χ0v) is 10.4. The van der Waals surface area contributed by atoms with Crippen molar-refractivity contribution in [1.29, 1.82) is 0 Å². The summed E-state index contributed by atoms with van der Waals surface area (Å²) < 4.78 is 5.28. The molecule has 0 aromatic carbocycles. The van der Waals surface area contributed by atoms with Crippen molar-refractivity contribution in [3.8, 4) is 0 Å². The number of hydrogen-bond acceptors (Lipinski definition) is 2. The lowest BCUT2D eigenvalue weighted by atomic mass is 9.96. The number of carbonyl (C=O) groups is 1. The van der Waals surface area contributed by atoms with Gasteiger partial charge in [0, 0.05) is 6.61 Å². The van der Waals surface area contributed by atoms with E-state index in [1.165, 1.54) is 0 Å². The Balaban J connectivity index is 2.47. The van der Waals surface area contributed by atoms with Crippen LogP contribution in [0.3, 0.4) is 0 Å². The molecule has 0 aliphatic carbocycles. The maximum atomic E-state index is 11.9. The van der Waals surface area contributed by atoms with Crippen molar-refractivity contribution in [2.45, 2.75) is 44.5 Å². The first kappa shape index (κ1) is 12.8. The Morgan fingerprint density at radius 3 is 2.73 bits per heavy atom. The first-order chi connectivity index (χ1) is 6.93. The van der Waals surface area contributed by atoms with Gasteiger partial charge in [-0.2, -0.15) is 0 Å². The summed E-state index contributed by atoms with van der Waals surface area (Å²) >= 11 is 6.01. The van der Waals surface area contributed by atoms with Crippen LogP contribution >= 0.6 is 11.6 Å². The average molecular weight is 234 g/mol. The molecule has 1 aliphatic heterocycles. The Hall–Kier alpha value is -0.280. The molecule has 0 bridgehead atoms. The summed E-state index contributed by atoms with van der Waals surface area (Å²) in [5.41, 5.74) is -0.365. The molecule has 1 amide bonds. The summed E-state index contributed by atoms with van der Waals surface area (Å²) in [6.45, 7) is 7.08. The predicted molar refractivity (Wildman–Crippen MR) is 61.1 cm³/mol. The third kappa shape index (κ3) is 3.65. The van der Waals surface area contributed by atoms with E-state index in [9.17, 15) is 4.79 Å². The molecule has 0 radical (unpaired) electrons. The topological polar surface area (TPSA) is 38.3 Å². The van der Waals surface area contributed by atoms with Gasteiger partial charge in [-0.1, -0.05) is 0 Å². The quantitative estimate of drug-likeness (QED) is 0.757. The minimum Gasteiger partial charge on any atom is -0.381 e. The zero-order chi connectivity index (χ0) is 11.5. The van der Waals surface area contributed by atoms with E-state index >= 15 is 0 Å². The monoisotopic (exact) mass is 233 g/mol. The lowest BCUT2D eigenvalue weighted by molar-refractivity contribution is -0.130. The van der Waals surface area contributed by atoms with Gasteiger partial charge in [-0.15, -0.1) is 11.6 Å². The summed E-state index contributed by atoms with van der Waals surface area (Å²) in [5.74, 6) is 0.0561. The molecule has 2 unspecified atom stereocenters. The van der Waals surface area contributed by atoms with Gasteiger partial charge >= 0.3 is 0 Å². The van der Waals surface area contributed by atoms with Crippen LogP contribution in [0.2, 0.25) is 0 Å². The molecular formula is C11H20ClNO2. The Bertz CT molecular complexity index is 223. The number of amides is 1. The van der Waals surface area contributed by atoms with E-state index in [-0.39, 0.29) is 22.7 Å². The van der Waals surface area contributed by atoms with E-state index in [0.29, 0.717) is 6.61 Å². The van der Waals surface area contributed by atoms with E-state index in [2.05, 4.69) is 5.32 Å². The molecule has 1 fully saturated rings. The number of hydrogen-bond donors (Lipinski definition) is 1. The van der Waals surface area contributed by atoms with Crippen LogP contribution in [0.4, 0.5) is 0 Å². The number of alkyl halides is 1. The molecule has 1 heterocycles. The summed E-state index contributed by atoms with van der Waals surface area (Å²) in [5, 5.41) is 2.88. The number of ether oxygens (including phenoxy) is 1. The highest BCUT2D eigenvalue weighted by atomic mass is 35.5. The molecule has 88 valence electrons. The average Bonchev–Trinajstić information content (AvgIpc) is 2.18. The summed E-state index contributed by atoms with van der Waals surface area (Å²) in [6, 6.07) is 0. The Morgan fingerprint density at radius 2 is 2.27 bits per heavy atom. The van der Waals surface area contributed by atoms with Crippen LogP contribution in [-0.4, -0.2) is 30.0 Å². The van der Waals surface area contributed by atoms with E-state index < -0.39 is 0 Å². The zero-order valence-electron chi connectivity index (χ0n) is 9.68. The van der Waals surface area contributed by atoms with E-state index in [0.717, 1.165) is 19.4 Å². The summed E-state index contributed by atoms with van der Waals surface area (Å²) in [6.07, 6.45) is 1.88. The van der Waals surface area contributed by atoms with Crippen LogP contribution in [0, 0.1) is 5.92 Å². The fourth-order valence-corrected chi connectivity index (χ4v) is 1.52.